The van der Waals surface area contributed by atoms with E-state index in [0.29, 0.717) is 22.2 Å². The van der Waals surface area contributed by atoms with Gasteiger partial charge in [-0.1, -0.05) is 43.6 Å². The van der Waals surface area contributed by atoms with Crippen LogP contribution >= 0.6 is 22.9 Å². The number of halogens is 1. The van der Waals surface area contributed by atoms with Crippen molar-refractivity contribution in [1.29, 1.82) is 0 Å². The van der Waals surface area contributed by atoms with Crippen LogP contribution in [0.15, 0.2) is 46.1 Å². The van der Waals surface area contributed by atoms with E-state index >= 15 is 0 Å². The third kappa shape index (κ3) is 6.66. The second-order valence-electron chi connectivity index (χ2n) is 8.90. The zero-order valence-electron chi connectivity index (χ0n) is 20.8. The number of rotatable bonds is 10. The molecule has 36 heavy (non-hydrogen) atoms. The van der Waals surface area contributed by atoms with Crippen molar-refractivity contribution in [3.8, 4) is 5.75 Å². The molecule has 192 valence electrons. The lowest BCUT2D eigenvalue weighted by atomic mass is 10.1. The summed E-state index contributed by atoms with van der Waals surface area (Å²) < 4.78 is 34.8. The fraction of sp³-hybridized carbons (Fsp3) is 0.308. The summed E-state index contributed by atoms with van der Waals surface area (Å²) in [6.07, 6.45) is 2.60. The van der Waals surface area contributed by atoms with Crippen LogP contribution in [0.5, 0.6) is 5.75 Å². The summed E-state index contributed by atoms with van der Waals surface area (Å²) in [6.45, 7) is 9.78. The van der Waals surface area contributed by atoms with E-state index in [9.17, 15) is 13.2 Å². The van der Waals surface area contributed by atoms with Crippen molar-refractivity contribution in [1.82, 2.24) is 4.98 Å². The van der Waals surface area contributed by atoms with Gasteiger partial charge < -0.3 is 9.84 Å². The van der Waals surface area contributed by atoms with Gasteiger partial charge in [0, 0.05) is 34.8 Å². The molecule has 0 bridgehead atoms. The molecule has 7 nitrogen and oxygen atoms in total. The van der Waals surface area contributed by atoms with Crippen molar-refractivity contribution < 1.29 is 23.1 Å². The average Bonchev–Trinajstić information content (AvgIpc) is 3.24. The Kier molecular flexibility index (Phi) is 8.81. The van der Waals surface area contributed by atoms with Crippen molar-refractivity contribution in [2.45, 2.75) is 45.6 Å². The van der Waals surface area contributed by atoms with E-state index in [1.807, 2.05) is 39.8 Å². The van der Waals surface area contributed by atoms with E-state index in [0.717, 1.165) is 39.7 Å². The number of aliphatic carboxylic acids is 1. The predicted octanol–water partition coefficient (Wildman–Crippen LogP) is 6.25. The molecule has 0 aliphatic rings. The molecular formula is C26H29ClN2O5S2. The Morgan fingerprint density at radius 1 is 1.19 bits per heavy atom. The standard InChI is InChI=1S/C26H29ClN2O5S2/c1-16(2)13-29(36(32,33)26-28-19(5)15-35-26)23-11-18(4)22(27)12-24(23)34-14-21-8-6-20(10-17(21)3)7-9-25(30)31/h6-12,15-16H,13-14H2,1-5H3,(H,30,31)/b9-7+. The van der Waals surface area contributed by atoms with Crippen molar-refractivity contribution in [2.75, 3.05) is 10.8 Å². The van der Waals surface area contributed by atoms with Crippen molar-refractivity contribution in [3.63, 3.8) is 0 Å². The Hall–Kier alpha value is -2.88. The summed E-state index contributed by atoms with van der Waals surface area (Å²) in [5.41, 5.74) is 4.31. The number of thiazole rings is 1. The van der Waals surface area contributed by atoms with Gasteiger partial charge in [-0.25, -0.2) is 9.78 Å². The van der Waals surface area contributed by atoms with Gasteiger partial charge in [-0.05, 0) is 61.1 Å². The van der Waals surface area contributed by atoms with Gasteiger partial charge in [0.05, 0.1) is 5.69 Å². The molecule has 1 aromatic heterocycles. The van der Waals surface area contributed by atoms with Crippen LogP contribution in [0.25, 0.3) is 6.08 Å². The first kappa shape index (κ1) is 27.7. The number of hydrogen-bond acceptors (Lipinski definition) is 6. The number of nitrogens with zero attached hydrogens (tertiary/aromatic N) is 2. The number of anilines is 1. The summed E-state index contributed by atoms with van der Waals surface area (Å²) in [6, 6.07) is 8.88. The van der Waals surface area contributed by atoms with Gasteiger partial charge in [-0.3, -0.25) is 4.31 Å². The van der Waals surface area contributed by atoms with Crippen LogP contribution in [0, 0.1) is 26.7 Å². The number of carbonyl (C=O) groups is 1. The Morgan fingerprint density at radius 2 is 1.92 bits per heavy atom. The van der Waals surface area contributed by atoms with Crippen LogP contribution in [-0.4, -0.2) is 31.0 Å². The van der Waals surface area contributed by atoms with E-state index in [2.05, 4.69) is 4.98 Å². The van der Waals surface area contributed by atoms with Gasteiger partial charge >= 0.3 is 5.97 Å². The summed E-state index contributed by atoms with van der Waals surface area (Å²) in [5.74, 6) is -0.631. The quantitative estimate of drug-likeness (QED) is 0.301. The van der Waals surface area contributed by atoms with Crippen LogP contribution < -0.4 is 9.04 Å². The zero-order valence-corrected chi connectivity index (χ0v) is 23.2. The maximum Gasteiger partial charge on any atom is 0.328 e. The zero-order chi connectivity index (χ0) is 26.6. The number of carboxylic acid groups (broad SMARTS) is 1. The molecule has 0 unspecified atom stereocenters. The van der Waals surface area contributed by atoms with Crippen molar-refractivity contribution >= 4 is 50.7 Å². The van der Waals surface area contributed by atoms with E-state index in [4.69, 9.17) is 21.4 Å². The van der Waals surface area contributed by atoms with Gasteiger partial charge in [0.1, 0.15) is 12.4 Å². The van der Waals surface area contributed by atoms with Gasteiger partial charge in [0.25, 0.3) is 10.0 Å². The van der Waals surface area contributed by atoms with Gasteiger partial charge in [-0.15, -0.1) is 11.3 Å². The van der Waals surface area contributed by atoms with Crippen LogP contribution in [0.2, 0.25) is 5.02 Å². The largest absolute Gasteiger partial charge is 0.487 e. The van der Waals surface area contributed by atoms with E-state index < -0.39 is 16.0 Å². The summed E-state index contributed by atoms with van der Waals surface area (Å²) >= 11 is 7.50. The Morgan fingerprint density at radius 3 is 2.50 bits per heavy atom. The molecule has 1 N–H and O–H groups in total. The molecule has 0 aliphatic carbocycles. The average molecular weight is 549 g/mol. The third-order valence-electron chi connectivity index (χ3n) is 5.32. The number of sulfonamides is 1. The third-order valence-corrected chi connectivity index (χ3v) is 8.86. The fourth-order valence-corrected chi connectivity index (χ4v) is 6.39. The molecule has 1 heterocycles. The van der Waals surface area contributed by atoms with E-state index in [-0.39, 0.29) is 23.4 Å². The summed E-state index contributed by atoms with van der Waals surface area (Å²) in [4.78, 5) is 15.0. The molecule has 0 radical (unpaired) electrons. The Balaban J connectivity index is 1.99. The molecule has 0 saturated carbocycles. The molecule has 0 spiro atoms. The lowest BCUT2D eigenvalue weighted by Crippen LogP contribution is -2.34. The molecule has 10 heteroatoms. The highest BCUT2D eigenvalue weighted by atomic mass is 35.5. The topological polar surface area (TPSA) is 96.8 Å². The van der Waals surface area contributed by atoms with Crippen molar-refractivity contribution in [2.24, 2.45) is 5.92 Å². The molecule has 0 amide bonds. The SMILES string of the molecule is Cc1csc(S(=O)(=O)N(CC(C)C)c2cc(C)c(Cl)cc2OCc2ccc(/C=C/C(=O)O)cc2C)n1. The van der Waals surface area contributed by atoms with Gasteiger partial charge in [0.2, 0.25) is 4.34 Å². The van der Waals surface area contributed by atoms with Crippen LogP contribution in [0.1, 0.15) is 41.8 Å². The number of ether oxygens (including phenoxy) is 1. The highest BCUT2D eigenvalue weighted by molar-refractivity contribution is 7.94. The lowest BCUT2D eigenvalue weighted by molar-refractivity contribution is -0.131. The fourth-order valence-electron chi connectivity index (χ4n) is 3.47. The summed E-state index contributed by atoms with van der Waals surface area (Å²) in [5, 5.41) is 11.0. The number of hydrogen-bond donors (Lipinski definition) is 1. The Bertz CT molecular complexity index is 1400. The molecule has 2 aromatic carbocycles. The van der Waals surface area contributed by atoms with E-state index in [1.54, 1.807) is 30.5 Å². The molecule has 3 rings (SSSR count). The van der Waals surface area contributed by atoms with E-state index in [1.165, 1.54) is 10.4 Å². The normalized spacial score (nSPS) is 11.9. The van der Waals surface area contributed by atoms with Crippen LogP contribution in [0.3, 0.4) is 0 Å². The maximum atomic E-state index is 13.6. The number of carboxylic acids is 1. The molecule has 0 saturated heterocycles. The number of aryl methyl sites for hydroxylation is 3. The maximum absolute atomic E-state index is 13.6. The highest BCUT2D eigenvalue weighted by Crippen LogP contribution is 2.38. The lowest BCUT2D eigenvalue weighted by Gasteiger charge is -2.27. The molecule has 0 fully saturated rings. The van der Waals surface area contributed by atoms with Crippen molar-refractivity contribution in [3.05, 3.63) is 74.8 Å². The minimum Gasteiger partial charge on any atom is -0.487 e. The van der Waals surface area contributed by atoms with Gasteiger partial charge in [0.15, 0.2) is 0 Å². The highest BCUT2D eigenvalue weighted by Gasteiger charge is 2.31. The van der Waals surface area contributed by atoms with Gasteiger partial charge in [-0.2, -0.15) is 8.42 Å². The first-order valence-electron chi connectivity index (χ1n) is 11.3. The number of aromatic nitrogens is 1. The minimum atomic E-state index is -3.93. The van der Waals surface area contributed by atoms with Crippen LogP contribution in [-0.2, 0) is 21.4 Å². The predicted molar refractivity (Wildman–Crippen MR) is 145 cm³/mol. The second kappa shape index (κ2) is 11.5. The molecular weight excluding hydrogens is 520 g/mol. The molecule has 0 atom stereocenters. The Labute approximate surface area is 221 Å². The first-order valence-corrected chi connectivity index (χ1v) is 14.0. The molecule has 0 aliphatic heterocycles. The number of benzene rings is 2. The first-order chi connectivity index (χ1) is 16.9. The van der Waals surface area contributed by atoms with Crippen LogP contribution in [0.4, 0.5) is 5.69 Å². The smallest absolute Gasteiger partial charge is 0.328 e. The second-order valence-corrected chi connectivity index (χ2v) is 12.2. The molecule has 3 aromatic rings. The minimum absolute atomic E-state index is 0.0278. The monoisotopic (exact) mass is 548 g/mol. The summed E-state index contributed by atoms with van der Waals surface area (Å²) in [7, 11) is -3.93.